The van der Waals surface area contributed by atoms with Gasteiger partial charge in [-0.1, -0.05) is 0 Å². The van der Waals surface area contributed by atoms with Crippen LogP contribution in [0.2, 0.25) is 0 Å². The first-order valence-corrected chi connectivity index (χ1v) is 11.7. The van der Waals surface area contributed by atoms with Crippen LogP contribution in [0.4, 0.5) is 17.6 Å². The molecule has 3 fully saturated rings. The van der Waals surface area contributed by atoms with Gasteiger partial charge in [0.05, 0.1) is 23.5 Å². The highest BCUT2D eigenvalue weighted by atomic mass is 19.3. The maximum Gasteiger partial charge on any atom is 0.248 e. The van der Waals surface area contributed by atoms with Crippen molar-refractivity contribution in [2.45, 2.75) is 81.7 Å². The van der Waals surface area contributed by atoms with E-state index in [9.17, 15) is 22.4 Å². The molecule has 3 aliphatic carbocycles. The third-order valence-corrected chi connectivity index (χ3v) is 7.35. The van der Waals surface area contributed by atoms with Gasteiger partial charge in [-0.05, 0) is 49.5 Å². The number of amides is 1. The molecule has 5 rings (SSSR count). The van der Waals surface area contributed by atoms with E-state index >= 15 is 0 Å². The summed E-state index contributed by atoms with van der Waals surface area (Å²) in [4.78, 5) is 21.7. The van der Waals surface area contributed by atoms with E-state index in [1.165, 1.54) is 0 Å². The standard InChI is InChI=1S/C23H29F4N5O/c24-22(25)6-3-14(4-7-22)19(28)17-12-32-8-5-16(29-21(32)30-17)20(15-1-2-15)31-18(33)9-13-10-23(26,27)11-13/h5,8,12-15,19-20H,1-4,6-7,9-11,28H2,(H,31,33)/t19?,20-/m1/s1. The third kappa shape index (κ3) is 5.00. The van der Waals surface area contributed by atoms with Crippen LogP contribution in [0.3, 0.4) is 0 Å². The summed E-state index contributed by atoms with van der Waals surface area (Å²) in [6.07, 6.45) is 5.60. The van der Waals surface area contributed by atoms with Crippen LogP contribution in [0.25, 0.3) is 5.78 Å². The molecule has 180 valence electrons. The van der Waals surface area contributed by atoms with Crippen LogP contribution in [0.5, 0.6) is 0 Å². The fourth-order valence-electron chi connectivity index (χ4n) is 5.19. The van der Waals surface area contributed by atoms with E-state index in [4.69, 9.17) is 5.73 Å². The molecule has 2 atom stereocenters. The summed E-state index contributed by atoms with van der Waals surface area (Å²) in [5.74, 6) is -5.07. The normalized spacial score (nSPS) is 24.9. The van der Waals surface area contributed by atoms with Gasteiger partial charge in [0.1, 0.15) is 0 Å². The predicted octanol–water partition coefficient (Wildman–Crippen LogP) is 4.56. The summed E-state index contributed by atoms with van der Waals surface area (Å²) < 4.78 is 54.9. The maximum atomic E-state index is 13.5. The molecule has 0 radical (unpaired) electrons. The quantitative estimate of drug-likeness (QED) is 0.585. The minimum absolute atomic E-state index is 0.0496. The van der Waals surface area contributed by atoms with Gasteiger partial charge in [-0.3, -0.25) is 9.20 Å². The zero-order valence-corrected chi connectivity index (χ0v) is 18.3. The molecular formula is C23H29F4N5O. The van der Waals surface area contributed by atoms with Crippen molar-refractivity contribution in [1.29, 1.82) is 0 Å². The van der Waals surface area contributed by atoms with Gasteiger partial charge < -0.3 is 11.1 Å². The number of alkyl halides is 4. The Balaban J connectivity index is 1.27. The third-order valence-electron chi connectivity index (χ3n) is 7.35. The number of rotatable bonds is 7. The van der Waals surface area contributed by atoms with Crippen LogP contribution < -0.4 is 11.1 Å². The van der Waals surface area contributed by atoms with Gasteiger partial charge in [-0.15, -0.1) is 0 Å². The summed E-state index contributed by atoms with van der Waals surface area (Å²) >= 11 is 0. The average Bonchev–Trinajstić information content (AvgIpc) is 3.48. The van der Waals surface area contributed by atoms with Crippen molar-refractivity contribution in [2.24, 2.45) is 23.5 Å². The zero-order chi connectivity index (χ0) is 23.4. The zero-order valence-electron chi connectivity index (χ0n) is 18.3. The number of aromatic nitrogens is 3. The molecule has 1 amide bonds. The fourth-order valence-corrected chi connectivity index (χ4v) is 5.19. The van der Waals surface area contributed by atoms with Crippen molar-refractivity contribution in [3.05, 3.63) is 29.8 Å². The minimum Gasteiger partial charge on any atom is -0.347 e. The lowest BCUT2D eigenvalue weighted by Crippen LogP contribution is -2.39. The van der Waals surface area contributed by atoms with E-state index < -0.39 is 17.9 Å². The second-order valence-electron chi connectivity index (χ2n) is 10.2. The summed E-state index contributed by atoms with van der Waals surface area (Å²) in [6.45, 7) is 0. The van der Waals surface area contributed by atoms with Crippen molar-refractivity contribution < 1.29 is 22.4 Å². The van der Waals surface area contributed by atoms with Crippen molar-refractivity contribution >= 4 is 11.7 Å². The number of imidazole rings is 1. The van der Waals surface area contributed by atoms with Gasteiger partial charge in [0.25, 0.3) is 0 Å². The van der Waals surface area contributed by atoms with E-state index in [1.807, 2.05) is 12.3 Å². The Bertz CT molecular complexity index is 1020. The lowest BCUT2D eigenvalue weighted by molar-refractivity contribution is -0.134. The number of nitrogens with two attached hydrogens (primary N) is 1. The Morgan fingerprint density at radius 1 is 1.06 bits per heavy atom. The number of hydrogen-bond acceptors (Lipinski definition) is 4. The molecule has 2 aromatic heterocycles. The number of fused-ring (bicyclic) bond motifs is 1. The lowest BCUT2D eigenvalue weighted by Gasteiger charge is -2.34. The summed E-state index contributed by atoms with van der Waals surface area (Å²) in [7, 11) is 0. The molecule has 33 heavy (non-hydrogen) atoms. The van der Waals surface area contributed by atoms with Gasteiger partial charge in [0.15, 0.2) is 0 Å². The van der Waals surface area contributed by atoms with Gasteiger partial charge in [-0.2, -0.15) is 0 Å². The molecule has 2 aromatic rings. The predicted molar refractivity (Wildman–Crippen MR) is 113 cm³/mol. The molecule has 0 spiro atoms. The largest absolute Gasteiger partial charge is 0.347 e. The second kappa shape index (κ2) is 8.21. The van der Waals surface area contributed by atoms with Crippen LogP contribution in [-0.2, 0) is 4.79 Å². The van der Waals surface area contributed by atoms with Crippen LogP contribution in [0.1, 0.15) is 81.3 Å². The first kappa shape index (κ1) is 22.6. The SMILES string of the molecule is NC(c1cn2ccc([C@H](NC(=O)CC3CC(F)(F)C3)C3CC3)nc2n1)C1CCC(F)(F)CC1. The van der Waals surface area contributed by atoms with Crippen LogP contribution in [0, 0.1) is 17.8 Å². The Kier molecular flexibility index (Phi) is 5.61. The Morgan fingerprint density at radius 3 is 2.36 bits per heavy atom. The molecule has 3 saturated carbocycles. The van der Waals surface area contributed by atoms with E-state index in [2.05, 4.69) is 15.3 Å². The van der Waals surface area contributed by atoms with Gasteiger partial charge >= 0.3 is 0 Å². The number of halogens is 4. The minimum atomic E-state index is -2.63. The van der Waals surface area contributed by atoms with Gasteiger partial charge in [-0.25, -0.2) is 27.5 Å². The highest BCUT2D eigenvalue weighted by Gasteiger charge is 2.46. The highest BCUT2D eigenvalue weighted by Crippen LogP contribution is 2.45. The van der Waals surface area contributed by atoms with E-state index in [0.717, 1.165) is 12.8 Å². The number of nitrogens with one attached hydrogen (secondary N) is 1. The lowest BCUT2D eigenvalue weighted by atomic mass is 9.79. The average molecular weight is 468 g/mol. The van der Waals surface area contributed by atoms with E-state index in [0.29, 0.717) is 30.0 Å². The first-order chi connectivity index (χ1) is 15.6. The molecule has 3 N–H and O–H groups in total. The van der Waals surface area contributed by atoms with Crippen molar-refractivity contribution in [2.75, 3.05) is 0 Å². The molecule has 0 saturated heterocycles. The highest BCUT2D eigenvalue weighted by molar-refractivity contribution is 5.77. The Hall–Kier alpha value is -2.23. The Morgan fingerprint density at radius 2 is 1.73 bits per heavy atom. The summed E-state index contributed by atoms with van der Waals surface area (Å²) in [5, 5.41) is 3.00. The van der Waals surface area contributed by atoms with Crippen LogP contribution >= 0.6 is 0 Å². The first-order valence-electron chi connectivity index (χ1n) is 11.7. The molecule has 6 nitrogen and oxygen atoms in total. The monoisotopic (exact) mass is 467 g/mol. The van der Waals surface area contributed by atoms with Gasteiger partial charge in [0, 0.05) is 44.5 Å². The summed E-state index contributed by atoms with van der Waals surface area (Å²) in [6, 6.07) is 1.11. The molecule has 0 aromatic carbocycles. The fraction of sp³-hybridized carbons (Fsp3) is 0.696. The molecule has 0 bridgehead atoms. The number of hydrogen-bond donors (Lipinski definition) is 2. The maximum absolute atomic E-state index is 13.5. The molecule has 0 aliphatic heterocycles. The number of carbonyl (C=O) groups excluding carboxylic acids is 1. The van der Waals surface area contributed by atoms with Crippen molar-refractivity contribution in [3.63, 3.8) is 0 Å². The smallest absolute Gasteiger partial charge is 0.248 e. The molecular weight excluding hydrogens is 438 g/mol. The molecule has 3 aliphatic rings. The summed E-state index contributed by atoms with van der Waals surface area (Å²) in [5.41, 5.74) is 7.67. The van der Waals surface area contributed by atoms with E-state index in [-0.39, 0.29) is 61.8 Å². The molecule has 2 heterocycles. The number of nitrogens with zero attached hydrogens (tertiary/aromatic N) is 3. The van der Waals surface area contributed by atoms with E-state index in [1.54, 1.807) is 10.6 Å². The molecule has 10 heteroatoms. The Labute approximate surface area is 189 Å². The van der Waals surface area contributed by atoms with Crippen LogP contribution in [0.15, 0.2) is 18.5 Å². The second-order valence-corrected chi connectivity index (χ2v) is 10.2. The van der Waals surface area contributed by atoms with Gasteiger partial charge in [0.2, 0.25) is 23.5 Å². The van der Waals surface area contributed by atoms with Crippen LogP contribution in [-0.4, -0.2) is 32.1 Å². The molecule has 1 unspecified atom stereocenters. The topological polar surface area (TPSA) is 85.3 Å². The van der Waals surface area contributed by atoms with Crippen molar-refractivity contribution in [3.8, 4) is 0 Å². The number of carbonyl (C=O) groups is 1. The van der Waals surface area contributed by atoms with Crippen molar-refractivity contribution in [1.82, 2.24) is 19.7 Å².